The summed E-state index contributed by atoms with van der Waals surface area (Å²) in [5.41, 5.74) is 0. The second kappa shape index (κ2) is 4.95. The second-order valence-electron chi connectivity index (χ2n) is 3.41. The first-order valence-corrected chi connectivity index (χ1v) is 5.01. The third kappa shape index (κ3) is 2.96. The van der Waals surface area contributed by atoms with Gasteiger partial charge in [0.05, 0.1) is 12.8 Å². The summed E-state index contributed by atoms with van der Waals surface area (Å²) < 4.78 is 80.4. The fourth-order valence-electron chi connectivity index (χ4n) is 1.01. The topological polar surface area (TPSA) is 42.2 Å². The van der Waals surface area contributed by atoms with Gasteiger partial charge in [-0.05, 0) is 23.7 Å². The van der Waals surface area contributed by atoms with Gasteiger partial charge in [0.15, 0.2) is 0 Å². The van der Waals surface area contributed by atoms with Gasteiger partial charge in [-0.3, -0.25) is 4.79 Å². The molecule has 1 rings (SSSR count). The Morgan fingerprint density at radius 1 is 1.26 bits per heavy atom. The van der Waals surface area contributed by atoms with Crippen molar-refractivity contribution in [2.24, 2.45) is 0 Å². The van der Waals surface area contributed by atoms with E-state index in [4.69, 9.17) is 0 Å². The first kappa shape index (κ1) is 15.7. The highest BCUT2D eigenvalue weighted by Gasteiger charge is 2.74. The normalized spacial score (nSPS) is 13.4. The van der Waals surface area contributed by atoms with Gasteiger partial charge in [-0.2, -0.15) is 26.3 Å². The molecule has 1 heterocycles. The minimum absolute atomic E-state index is 0.0231. The largest absolute Gasteiger partial charge is 0.467 e. The van der Waals surface area contributed by atoms with E-state index in [9.17, 15) is 31.1 Å². The van der Waals surface area contributed by atoms with Gasteiger partial charge >= 0.3 is 17.2 Å². The van der Waals surface area contributed by atoms with Crippen LogP contribution in [0.3, 0.4) is 0 Å². The van der Waals surface area contributed by atoms with Crippen LogP contribution in [0, 0.1) is 0 Å². The molecule has 0 spiro atoms. The molecule has 1 aromatic heterocycles. The van der Waals surface area contributed by atoms with Gasteiger partial charge in [-0.15, -0.1) is 0 Å². The highest BCUT2D eigenvalue weighted by atomic mass is 35.5. The molecule has 0 aliphatic heterocycles. The van der Waals surface area contributed by atoms with Gasteiger partial charge in [0, 0.05) is 0 Å². The molecule has 1 aromatic rings. The summed E-state index contributed by atoms with van der Waals surface area (Å²) in [5, 5.41) is -4.22. The van der Waals surface area contributed by atoms with Crippen LogP contribution in [0.5, 0.6) is 0 Å². The van der Waals surface area contributed by atoms with Crippen molar-refractivity contribution in [2.45, 2.75) is 23.8 Å². The number of hydrogen-bond acceptors (Lipinski definition) is 2. The van der Waals surface area contributed by atoms with E-state index in [-0.39, 0.29) is 5.76 Å². The van der Waals surface area contributed by atoms with Crippen molar-refractivity contribution in [3.63, 3.8) is 0 Å². The molecular weight excluding hydrogens is 304 g/mol. The highest BCUT2D eigenvalue weighted by Crippen LogP contribution is 2.47. The van der Waals surface area contributed by atoms with Crippen molar-refractivity contribution < 1.29 is 35.6 Å². The number of amides is 1. The molecule has 10 heteroatoms. The van der Waals surface area contributed by atoms with Crippen molar-refractivity contribution in [1.29, 1.82) is 0 Å². The third-order valence-electron chi connectivity index (χ3n) is 2.04. The van der Waals surface area contributed by atoms with Gasteiger partial charge in [-0.1, -0.05) is 0 Å². The van der Waals surface area contributed by atoms with Crippen molar-refractivity contribution in [3.8, 4) is 0 Å². The van der Waals surface area contributed by atoms with Crippen LogP contribution < -0.4 is 5.32 Å². The Balaban J connectivity index is 2.79. The Bertz CT molecular complexity index is 442. The Morgan fingerprint density at radius 3 is 2.26 bits per heavy atom. The summed E-state index contributed by atoms with van der Waals surface area (Å²) in [7, 11) is 0. The third-order valence-corrected chi connectivity index (χ3v) is 2.28. The van der Waals surface area contributed by atoms with Crippen LogP contribution >= 0.6 is 11.6 Å². The first-order chi connectivity index (χ1) is 8.50. The number of carbonyl (C=O) groups excluding carboxylic acids is 1. The van der Waals surface area contributed by atoms with Crippen LogP contribution in [-0.4, -0.2) is 23.1 Å². The summed E-state index contributed by atoms with van der Waals surface area (Å²) >= 11 is 3.89. The van der Waals surface area contributed by atoms with Crippen molar-refractivity contribution >= 4 is 17.5 Å². The second-order valence-corrected chi connectivity index (χ2v) is 3.88. The fraction of sp³-hybridized carbons (Fsp3) is 0.444. The maximum absolute atomic E-state index is 13.0. The average molecular weight is 310 g/mol. The van der Waals surface area contributed by atoms with Crippen LogP contribution in [0.1, 0.15) is 5.76 Å². The Morgan fingerprint density at radius 2 is 1.84 bits per heavy atom. The zero-order valence-corrected chi connectivity index (χ0v) is 9.66. The van der Waals surface area contributed by atoms with E-state index < -0.39 is 29.7 Å². The van der Waals surface area contributed by atoms with Gasteiger partial charge in [0.1, 0.15) is 5.76 Å². The van der Waals surface area contributed by atoms with Crippen molar-refractivity contribution in [2.75, 3.05) is 0 Å². The lowest BCUT2D eigenvalue weighted by Crippen LogP contribution is -2.58. The Hall–Kier alpha value is -1.38. The lowest BCUT2D eigenvalue weighted by atomic mass is 10.1. The standard InChI is InChI=1S/C9H6ClF6NO2/c10-9(15,16)8(13,14)7(11,12)6(18)17-4-5-2-1-3-19-5/h1-3H,4H2,(H,17,18). The minimum atomic E-state index is -6.03. The summed E-state index contributed by atoms with van der Waals surface area (Å²) in [4.78, 5) is 10.9. The Labute approximate surface area is 107 Å². The molecule has 0 aliphatic rings. The molecule has 0 fully saturated rings. The number of alkyl halides is 7. The highest BCUT2D eigenvalue weighted by molar-refractivity contribution is 6.22. The molecule has 0 saturated heterocycles. The Kier molecular flexibility index (Phi) is 4.08. The van der Waals surface area contributed by atoms with E-state index in [2.05, 4.69) is 16.0 Å². The predicted octanol–water partition coefficient (Wildman–Crippen LogP) is 3.00. The van der Waals surface area contributed by atoms with Crippen molar-refractivity contribution in [1.82, 2.24) is 5.32 Å². The smallest absolute Gasteiger partial charge is 0.395 e. The van der Waals surface area contributed by atoms with Crippen LogP contribution in [0.4, 0.5) is 26.3 Å². The van der Waals surface area contributed by atoms with Crippen LogP contribution in [0.2, 0.25) is 0 Å². The fourth-order valence-corrected chi connectivity index (χ4v) is 1.13. The molecule has 1 N–H and O–H groups in total. The number of halogens is 7. The first-order valence-electron chi connectivity index (χ1n) is 4.63. The number of carbonyl (C=O) groups is 1. The summed E-state index contributed by atoms with van der Waals surface area (Å²) in [6.07, 6.45) is 1.14. The molecule has 0 aliphatic carbocycles. The summed E-state index contributed by atoms with van der Waals surface area (Å²) in [6, 6.07) is 2.61. The van der Waals surface area contributed by atoms with Gasteiger partial charge in [-0.25, -0.2) is 0 Å². The predicted molar refractivity (Wildman–Crippen MR) is 51.2 cm³/mol. The SMILES string of the molecule is O=C(NCc1ccco1)C(F)(F)C(F)(F)C(F)(F)Cl. The molecule has 3 nitrogen and oxygen atoms in total. The van der Waals surface area contributed by atoms with E-state index in [1.807, 2.05) is 0 Å². The molecule has 108 valence electrons. The van der Waals surface area contributed by atoms with Gasteiger partial charge < -0.3 is 9.73 Å². The summed E-state index contributed by atoms with van der Waals surface area (Å²) in [6.45, 7) is -0.661. The molecule has 1 amide bonds. The maximum Gasteiger partial charge on any atom is 0.395 e. The van der Waals surface area contributed by atoms with E-state index in [0.717, 1.165) is 6.26 Å². The number of furan rings is 1. The summed E-state index contributed by atoms with van der Waals surface area (Å²) in [5.74, 6) is -14.3. The monoisotopic (exact) mass is 309 g/mol. The number of rotatable bonds is 5. The molecule has 19 heavy (non-hydrogen) atoms. The van der Waals surface area contributed by atoms with Crippen molar-refractivity contribution in [3.05, 3.63) is 24.2 Å². The molecular formula is C9H6ClF6NO2. The van der Waals surface area contributed by atoms with Crippen LogP contribution in [-0.2, 0) is 11.3 Å². The van der Waals surface area contributed by atoms with Crippen LogP contribution in [0.15, 0.2) is 22.8 Å². The maximum atomic E-state index is 13.0. The molecule has 0 aromatic carbocycles. The van der Waals surface area contributed by atoms with E-state index in [1.54, 1.807) is 0 Å². The molecule has 0 saturated carbocycles. The lowest BCUT2D eigenvalue weighted by molar-refractivity contribution is -0.269. The van der Waals surface area contributed by atoms with Gasteiger partial charge in [0.25, 0.3) is 5.91 Å². The zero-order chi connectivity index (χ0) is 14.9. The molecule has 0 unspecified atom stereocenters. The quantitative estimate of drug-likeness (QED) is 0.671. The lowest BCUT2D eigenvalue weighted by Gasteiger charge is -2.28. The molecule has 0 atom stereocenters. The van der Waals surface area contributed by atoms with E-state index >= 15 is 0 Å². The average Bonchev–Trinajstić information content (AvgIpc) is 2.76. The van der Waals surface area contributed by atoms with E-state index in [0.29, 0.717) is 0 Å². The molecule has 0 bridgehead atoms. The van der Waals surface area contributed by atoms with Crippen LogP contribution in [0.25, 0.3) is 0 Å². The molecule has 0 radical (unpaired) electrons. The number of nitrogens with one attached hydrogen (secondary N) is 1. The zero-order valence-electron chi connectivity index (χ0n) is 8.90. The number of hydrogen-bond donors (Lipinski definition) is 1. The van der Waals surface area contributed by atoms with Gasteiger partial charge in [0.2, 0.25) is 0 Å². The van der Waals surface area contributed by atoms with E-state index in [1.165, 1.54) is 17.4 Å². The minimum Gasteiger partial charge on any atom is -0.467 e.